The van der Waals surface area contributed by atoms with Crippen LogP contribution in [0.15, 0.2) is 30.6 Å². The van der Waals surface area contributed by atoms with Crippen molar-refractivity contribution < 1.29 is 0 Å². The molecule has 4 heteroatoms. The van der Waals surface area contributed by atoms with E-state index in [2.05, 4.69) is 32.7 Å². The minimum atomic E-state index is 0.785. The second-order valence-corrected chi connectivity index (χ2v) is 3.88. The molecular weight excluding hydrogens is 277 g/mol. The van der Waals surface area contributed by atoms with Crippen LogP contribution in [-0.2, 0) is 7.05 Å². The first-order valence-electron chi connectivity index (χ1n) is 3.88. The van der Waals surface area contributed by atoms with Gasteiger partial charge in [0.05, 0.1) is 0 Å². The van der Waals surface area contributed by atoms with Crippen molar-refractivity contribution in [1.29, 1.82) is 0 Å². The van der Waals surface area contributed by atoms with Gasteiger partial charge in [0.15, 0.2) is 5.82 Å². The molecule has 0 aliphatic rings. The van der Waals surface area contributed by atoms with E-state index in [4.69, 9.17) is 0 Å². The third-order valence-corrected chi connectivity index (χ3v) is 2.66. The minimum Gasteiger partial charge on any atom is -0.255 e. The number of nitrogens with zero attached hydrogens (tertiary/aromatic N) is 3. The standard InChI is InChI=1S/C9H8IN3/c1-13-6-11-9(12-13)7-4-2-3-5-8(7)10/h2-6H,1H3. The SMILES string of the molecule is Cn1cnc(-c2ccccc2I)n1. The maximum atomic E-state index is 4.24. The molecule has 0 fully saturated rings. The van der Waals surface area contributed by atoms with E-state index in [-0.39, 0.29) is 0 Å². The highest BCUT2D eigenvalue weighted by Crippen LogP contribution is 2.20. The highest BCUT2D eigenvalue weighted by molar-refractivity contribution is 14.1. The van der Waals surface area contributed by atoms with Crippen LogP contribution in [0, 0.1) is 3.57 Å². The number of benzene rings is 1. The second-order valence-electron chi connectivity index (χ2n) is 2.72. The molecule has 0 spiro atoms. The molecule has 3 nitrogen and oxygen atoms in total. The number of halogens is 1. The Hall–Kier alpha value is -0.910. The van der Waals surface area contributed by atoms with Crippen molar-refractivity contribution in [3.63, 3.8) is 0 Å². The molecule has 0 aliphatic heterocycles. The van der Waals surface area contributed by atoms with Gasteiger partial charge in [0, 0.05) is 16.2 Å². The average Bonchev–Trinajstić information content (AvgIpc) is 2.53. The first kappa shape index (κ1) is 8.68. The summed E-state index contributed by atoms with van der Waals surface area (Å²) in [5.41, 5.74) is 1.09. The molecule has 2 aromatic rings. The predicted molar refractivity (Wildman–Crippen MR) is 59.2 cm³/mol. The first-order valence-corrected chi connectivity index (χ1v) is 4.96. The van der Waals surface area contributed by atoms with Gasteiger partial charge >= 0.3 is 0 Å². The molecule has 0 bridgehead atoms. The van der Waals surface area contributed by atoms with Crippen LogP contribution in [0.25, 0.3) is 11.4 Å². The fourth-order valence-electron chi connectivity index (χ4n) is 1.11. The summed E-state index contributed by atoms with van der Waals surface area (Å²) in [6, 6.07) is 8.07. The molecule has 0 saturated carbocycles. The molecule has 0 saturated heterocycles. The van der Waals surface area contributed by atoms with E-state index in [1.165, 1.54) is 3.57 Å². The van der Waals surface area contributed by atoms with Crippen LogP contribution in [0.2, 0.25) is 0 Å². The van der Waals surface area contributed by atoms with E-state index in [0.717, 1.165) is 11.4 Å². The molecule has 1 heterocycles. The van der Waals surface area contributed by atoms with Crippen molar-refractivity contribution in [2.45, 2.75) is 0 Å². The molecular formula is C9H8IN3. The van der Waals surface area contributed by atoms with Crippen LogP contribution >= 0.6 is 22.6 Å². The third-order valence-electron chi connectivity index (χ3n) is 1.71. The Morgan fingerprint density at radius 1 is 1.31 bits per heavy atom. The van der Waals surface area contributed by atoms with Gasteiger partial charge < -0.3 is 0 Å². The van der Waals surface area contributed by atoms with Crippen LogP contribution in [-0.4, -0.2) is 14.8 Å². The highest BCUT2D eigenvalue weighted by atomic mass is 127. The van der Waals surface area contributed by atoms with Gasteiger partial charge in [-0.05, 0) is 28.7 Å². The van der Waals surface area contributed by atoms with E-state index in [0.29, 0.717) is 0 Å². The number of aromatic nitrogens is 3. The van der Waals surface area contributed by atoms with Gasteiger partial charge in [0.25, 0.3) is 0 Å². The zero-order chi connectivity index (χ0) is 9.26. The molecule has 0 radical (unpaired) electrons. The molecule has 0 aliphatic carbocycles. The summed E-state index contributed by atoms with van der Waals surface area (Å²) >= 11 is 2.28. The van der Waals surface area contributed by atoms with Gasteiger partial charge in [-0.3, -0.25) is 4.68 Å². The molecule has 0 atom stereocenters. The lowest BCUT2D eigenvalue weighted by molar-refractivity contribution is 0.768. The molecule has 1 aromatic heterocycles. The highest BCUT2D eigenvalue weighted by Gasteiger charge is 2.05. The summed E-state index contributed by atoms with van der Waals surface area (Å²) in [6.07, 6.45) is 1.71. The van der Waals surface area contributed by atoms with Crippen LogP contribution in [0.3, 0.4) is 0 Å². The summed E-state index contributed by atoms with van der Waals surface area (Å²) in [5.74, 6) is 0.785. The number of aryl methyl sites for hydroxylation is 1. The van der Waals surface area contributed by atoms with Crippen molar-refractivity contribution in [1.82, 2.24) is 14.8 Å². The summed E-state index contributed by atoms with van der Waals surface area (Å²) in [7, 11) is 1.87. The monoisotopic (exact) mass is 285 g/mol. The Morgan fingerprint density at radius 2 is 2.08 bits per heavy atom. The maximum Gasteiger partial charge on any atom is 0.182 e. The zero-order valence-corrected chi connectivity index (χ0v) is 9.26. The first-order chi connectivity index (χ1) is 6.27. The van der Waals surface area contributed by atoms with E-state index >= 15 is 0 Å². The Labute approximate surface area is 89.9 Å². The average molecular weight is 285 g/mol. The Morgan fingerprint density at radius 3 is 2.69 bits per heavy atom. The Bertz CT molecular complexity index is 422. The molecule has 0 unspecified atom stereocenters. The smallest absolute Gasteiger partial charge is 0.182 e. The van der Waals surface area contributed by atoms with E-state index in [9.17, 15) is 0 Å². The zero-order valence-electron chi connectivity index (χ0n) is 7.11. The van der Waals surface area contributed by atoms with Gasteiger partial charge in [0.1, 0.15) is 6.33 Å². The van der Waals surface area contributed by atoms with Crippen LogP contribution < -0.4 is 0 Å². The van der Waals surface area contributed by atoms with Gasteiger partial charge in [-0.1, -0.05) is 18.2 Å². The van der Waals surface area contributed by atoms with Crippen LogP contribution in [0.1, 0.15) is 0 Å². The van der Waals surface area contributed by atoms with Gasteiger partial charge in [-0.15, -0.1) is 0 Å². The third kappa shape index (κ3) is 1.72. The van der Waals surface area contributed by atoms with E-state index < -0.39 is 0 Å². The van der Waals surface area contributed by atoms with Gasteiger partial charge in [-0.25, -0.2) is 4.98 Å². The summed E-state index contributed by atoms with van der Waals surface area (Å²) < 4.78 is 2.88. The quantitative estimate of drug-likeness (QED) is 0.751. The fraction of sp³-hybridized carbons (Fsp3) is 0.111. The topological polar surface area (TPSA) is 30.7 Å². The van der Waals surface area contributed by atoms with Gasteiger partial charge in [-0.2, -0.15) is 5.10 Å². The fourth-order valence-corrected chi connectivity index (χ4v) is 1.73. The summed E-state index contributed by atoms with van der Waals surface area (Å²) in [5, 5.41) is 4.24. The Kier molecular flexibility index (Phi) is 2.30. The molecule has 0 amide bonds. The molecule has 1 aromatic carbocycles. The number of rotatable bonds is 1. The van der Waals surface area contributed by atoms with Crippen molar-refractivity contribution in [3.8, 4) is 11.4 Å². The predicted octanol–water partition coefficient (Wildman–Crippen LogP) is 2.09. The van der Waals surface area contributed by atoms with E-state index in [1.807, 2.05) is 31.3 Å². The van der Waals surface area contributed by atoms with Crippen molar-refractivity contribution in [3.05, 3.63) is 34.2 Å². The molecule has 2 rings (SSSR count). The van der Waals surface area contributed by atoms with Crippen molar-refractivity contribution >= 4 is 22.6 Å². The van der Waals surface area contributed by atoms with Gasteiger partial charge in [0.2, 0.25) is 0 Å². The van der Waals surface area contributed by atoms with Crippen LogP contribution in [0.4, 0.5) is 0 Å². The summed E-state index contributed by atoms with van der Waals surface area (Å²) in [6.45, 7) is 0. The van der Waals surface area contributed by atoms with Crippen molar-refractivity contribution in [2.75, 3.05) is 0 Å². The normalized spacial score (nSPS) is 10.3. The van der Waals surface area contributed by atoms with Crippen molar-refractivity contribution in [2.24, 2.45) is 7.05 Å². The summed E-state index contributed by atoms with van der Waals surface area (Å²) in [4.78, 5) is 4.19. The number of hydrogen-bond donors (Lipinski definition) is 0. The molecule has 66 valence electrons. The lowest BCUT2D eigenvalue weighted by atomic mass is 10.2. The maximum absolute atomic E-state index is 4.24. The Balaban J connectivity index is 2.52. The lowest BCUT2D eigenvalue weighted by Gasteiger charge is -1.97. The molecule has 13 heavy (non-hydrogen) atoms. The number of hydrogen-bond acceptors (Lipinski definition) is 2. The second kappa shape index (κ2) is 3.45. The molecule has 0 N–H and O–H groups in total. The largest absolute Gasteiger partial charge is 0.255 e. The lowest BCUT2D eigenvalue weighted by Crippen LogP contribution is -1.89. The minimum absolute atomic E-state index is 0.785. The van der Waals surface area contributed by atoms with E-state index in [1.54, 1.807) is 11.0 Å². The van der Waals surface area contributed by atoms with Crippen LogP contribution in [0.5, 0.6) is 0 Å².